The van der Waals surface area contributed by atoms with Crippen molar-refractivity contribution in [2.24, 2.45) is 5.92 Å². The summed E-state index contributed by atoms with van der Waals surface area (Å²) in [7, 11) is 0. The Morgan fingerprint density at radius 3 is 1.16 bits per heavy atom. The molecule has 0 amide bonds. The van der Waals surface area contributed by atoms with E-state index in [9.17, 15) is 0 Å². The molecule has 0 radical (unpaired) electrons. The van der Waals surface area contributed by atoms with Gasteiger partial charge in [-0.1, -0.05) is 222 Å². The fourth-order valence-electron chi connectivity index (χ4n) is 3.06. The molecule has 0 atom stereocenters. The van der Waals surface area contributed by atoms with Crippen molar-refractivity contribution in [3.05, 3.63) is 49.1 Å². The van der Waals surface area contributed by atoms with E-state index >= 15 is 0 Å². The quantitative estimate of drug-likeness (QED) is 0.0874. The Labute approximate surface area is 247 Å². The third-order valence-electron chi connectivity index (χ3n) is 5.93. The monoisotopic (exact) mass is 537 g/mol. The summed E-state index contributed by atoms with van der Waals surface area (Å²) in [5.74, 6) is 0.676. The van der Waals surface area contributed by atoms with Crippen molar-refractivity contribution in [3.8, 4) is 0 Å². The topological polar surface area (TPSA) is 0 Å². The maximum Gasteiger partial charge on any atom is -0.0263 e. The van der Waals surface area contributed by atoms with E-state index < -0.39 is 0 Å². The molecule has 0 unspecified atom stereocenters. The van der Waals surface area contributed by atoms with Crippen molar-refractivity contribution in [3.63, 3.8) is 0 Å². The first-order valence-electron chi connectivity index (χ1n) is 16.5. The smallest absolute Gasteiger partial charge is 0.0263 e. The molecule has 0 spiro atoms. The van der Waals surface area contributed by atoms with Crippen molar-refractivity contribution in [2.75, 3.05) is 0 Å². The molecule has 0 N–H and O–H groups in total. The van der Waals surface area contributed by atoms with Gasteiger partial charge in [-0.2, -0.15) is 0 Å². The molecule has 38 heavy (non-hydrogen) atoms. The summed E-state index contributed by atoms with van der Waals surface area (Å²) in [4.78, 5) is 0. The highest BCUT2D eigenvalue weighted by atomic mass is 14.1. The summed E-state index contributed by atoms with van der Waals surface area (Å²) in [5.41, 5.74) is 1.43. The van der Waals surface area contributed by atoms with Crippen molar-refractivity contribution in [1.82, 2.24) is 0 Å². The zero-order valence-electron chi connectivity index (χ0n) is 28.1. The summed E-state index contributed by atoms with van der Waals surface area (Å²) >= 11 is 0. The van der Waals surface area contributed by atoms with E-state index in [1.807, 2.05) is 45.1 Å². The number of allylic oxidation sites excluding steroid dienone is 6. The molecule has 0 heteroatoms. The molecule has 0 aliphatic carbocycles. The zero-order chi connectivity index (χ0) is 29.4. The highest BCUT2D eigenvalue weighted by molar-refractivity contribution is 5.07. The van der Waals surface area contributed by atoms with E-state index in [2.05, 4.69) is 61.6 Å². The Bertz CT molecular complexity index is 402. The van der Waals surface area contributed by atoms with Crippen LogP contribution in [0, 0.1) is 5.92 Å². The maximum atomic E-state index is 4.11. The maximum absolute atomic E-state index is 4.11. The Kier molecular flexibility index (Phi) is 73.8. The second-order valence-corrected chi connectivity index (χ2v) is 9.95. The lowest BCUT2D eigenvalue weighted by Crippen LogP contribution is -1.92. The lowest BCUT2D eigenvalue weighted by Gasteiger charge is -2.08. The van der Waals surface area contributed by atoms with Crippen LogP contribution in [0.1, 0.15) is 192 Å². The minimum atomic E-state index is 0. The van der Waals surface area contributed by atoms with Gasteiger partial charge >= 0.3 is 0 Å². The molecular formula is C38H80. The molecule has 0 aromatic heterocycles. The fraction of sp³-hybridized carbons (Fsp3) is 0.789. The molecule has 0 nitrogen and oxygen atoms in total. The van der Waals surface area contributed by atoms with Gasteiger partial charge in [0.25, 0.3) is 0 Å². The van der Waals surface area contributed by atoms with Crippen LogP contribution in [0.15, 0.2) is 49.1 Å². The van der Waals surface area contributed by atoms with Crippen LogP contribution in [-0.4, -0.2) is 0 Å². The van der Waals surface area contributed by atoms with Gasteiger partial charge in [-0.15, -0.1) is 0 Å². The average molecular weight is 537 g/mol. The van der Waals surface area contributed by atoms with Gasteiger partial charge < -0.3 is 0 Å². The van der Waals surface area contributed by atoms with Crippen LogP contribution in [0.2, 0.25) is 0 Å². The SMILES string of the molecule is C.C=C(CCCCCCCCCC)C(C)C.C=C/C=C\C=C/C.CC.CCCC.CCCCCCCCC. The van der Waals surface area contributed by atoms with Gasteiger partial charge in [-0.05, 0) is 25.7 Å². The van der Waals surface area contributed by atoms with E-state index in [-0.39, 0.29) is 7.43 Å². The highest BCUT2D eigenvalue weighted by Crippen LogP contribution is 2.16. The minimum absolute atomic E-state index is 0. The second kappa shape index (κ2) is 56.2. The van der Waals surface area contributed by atoms with E-state index in [0.29, 0.717) is 5.92 Å². The van der Waals surface area contributed by atoms with E-state index in [4.69, 9.17) is 0 Å². The molecule has 0 heterocycles. The van der Waals surface area contributed by atoms with E-state index in [1.54, 1.807) is 6.08 Å². The van der Waals surface area contributed by atoms with Gasteiger partial charge in [0.15, 0.2) is 0 Å². The van der Waals surface area contributed by atoms with Gasteiger partial charge in [0.1, 0.15) is 0 Å². The molecule has 0 rings (SSSR count). The fourth-order valence-corrected chi connectivity index (χ4v) is 3.06. The number of unbranched alkanes of at least 4 members (excludes halogenated alkanes) is 14. The Hall–Kier alpha value is -1.04. The van der Waals surface area contributed by atoms with Crippen LogP contribution >= 0.6 is 0 Å². The summed E-state index contributed by atoms with van der Waals surface area (Å²) in [6.07, 6.45) is 34.6. The second-order valence-electron chi connectivity index (χ2n) is 9.95. The first-order chi connectivity index (χ1) is 17.9. The highest BCUT2D eigenvalue weighted by Gasteiger charge is 1.99. The summed E-state index contributed by atoms with van der Waals surface area (Å²) in [6, 6.07) is 0. The normalized spacial score (nSPS) is 9.66. The van der Waals surface area contributed by atoms with Crippen LogP contribution in [-0.2, 0) is 0 Å². The van der Waals surface area contributed by atoms with Crippen LogP contribution < -0.4 is 0 Å². The molecule has 0 saturated carbocycles. The molecular weight excluding hydrogens is 456 g/mol. The van der Waals surface area contributed by atoms with Crippen LogP contribution in [0.5, 0.6) is 0 Å². The first kappa shape index (κ1) is 49.9. The van der Waals surface area contributed by atoms with Crippen molar-refractivity contribution >= 4 is 0 Å². The number of hydrogen-bond donors (Lipinski definition) is 0. The molecule has 232 valence electrons. The Balaban J connectivity index is -0.0000000955. The third kappa shape index (κ3) is 70.2. The van der Waals surface area contributed by atoms with Gasteiger partial charge in [0, 0.05) is 0 Å². The summed E-state index contributed by atoms with van der Waals surface area (Å²) < 4.78 is 0. The molecule has 0 saturated heterocycles. The van der Waals surface area contributed by atoms with Crippen LogP contribution in [0.3, 0.4) is 0 Å². The largest absolute Gasteiger partial charge is 0.0996 e. The molecule has 0 aromatic rings. The van der Waals surface area contributed by atoms with Gasteiger partial charge in [-0.25, -0.2) is 0 Å². The number of hydrogen-bond acceptors (Lipinski definition) is 0. The zero-order valence-corrected chi connectivity index (χ0v) is 28.1. The molecule has 0 aromatic carbocycles. The minimum Gasteiger partial charge on any atom is -0.0996 e. The van der Waals surface area contributed by atoms with Gasteiger partial charge in [-0.3, -0.25) is 0 Å². The molecule has 0 aliphatic heterocycles. The lowest BCUT2D eigenvalue weighted by atomic mass is 9.98. The van der Waals surface area contributed by atoms with Crippen molar-refractivity contribution < 1.29 is 0 Å². The van der Waals surface area contributed by atoms with E-state index in [1.165, 1.54) is 121 Å². The van der Waals surface area contributed by atoms with Gasteiger partial charge in [0.2, 0.25) is 0 Å². The third-order valence-corrected chi connectivity index (χ3v) is 5.93. The van der Waals surface area contributed by atoms with Crippen LogP contribution in [0.4, 0.5) is 0 Å². The lowest BCUT2D eigenvalue weighted by molar-refractivity contribution is 0.566. The van der Waals surface area contributed by atoms with Crippen molar-refractivity contribution in [2.45, 2.75) is 192 Å². The molecule has 0 fully saturated rings. The molecule has 0 aliphatic rings. The Morgan fingerprint density at radius 1 is 0.553 bits per heavy atom. The van der Waals surface area contributed by atoms with Crippen molar-refractivity contribution in [1.29, 1.82) is 0 Å². The van der Waals surface area contributed by atoms with E-state index in [0.717, 1.165) is 0 Å². The predicted molar refractivity (Wildman–Crippen MR) is 188 cm³/mol. The summed E-state index contributed by atoms with van der Waals surface area (Å²) in [6.45, 7) is 29.3. The molecule has 0 bridgehead atoms. The summed E-state index contributed by atoms with van der Waals surface area (Å²) in [5, 5.41) is 0. The predicted octanol–water partition coefficient (Wildman–Crippen LogP) is 15.3. The standard InChI is InChI=1S/C15H30.C9H20.C7H10.C4H10.C2H6.CH4/c1-5-6-7-8-9-10-11-12-13-15(4)14(2)3;1-3-5-7-9-8-6-4-2;1-3-5-7-6-4-2;1-3-4-2;1-2;/h14H,4-13H2,1-3H3;3-9H2,1-2H3;3-7H,1H2,2H3;3-4H2,1-2H3;1-2H3;1H4/b;;6-4-,7-5-;;;. The number of rotatable bonds is 19. The van der Waals surface area contributed by atoms with Crippen LogP contribution in [0.25, 0.3) is 0 Å². The first-order valence-corrected chi connectivity index (χ1v) is 16.5. The van der Waals surface area contributed by atoms with Gasteiger partial charge in [0.05, 0.1) is 0 Å². The Morgan fingerprint density at radius 2 is 0.895 bits per heavy atom. The average Bonchev–Trinajstić information content (AvgIpc) is 2.92.